The van der Waals surface area contributed by atoms with Crippen molar-refractivity contribution in [3.05, 3.63) is 0 Å². The van der Waals surface area contributed by atoms with Crippen molar-refractivity contribution in [2.45, 2.75) is 70.5 Å². The zero-order valence-electron chi connectivity index (χ0n) is 10.9. The van der Waals surface area contributed by atoms with Crippen molar-refractivity contribution in [1.82, 2.24) is 0 Å². The van der Waals surface area contributed by atoms with Gasteiger partial charge in [-0.3, -0.25) is 0 Å². The van der Waals surface area contributed by atoms with Crippen LogP contribution in [0.2, 0.25) is 0 Å². The van der Waals surface area contributed by atoms with E-state index in [0.717, 1.165) is 13.0 Å². The monoisotopic (exact) mass is 226 g/mol. The van der Waals surface area contributed by atoms with Gasteiger partial charge in [-0.05, 0) is 25.7 Å². The molecule has 2 unspecified atom stereocenters. The van der Waals surface area contributed by atoms with Gasteiger partial charge in [-0.2, -0.15) is 0 Å². The number of methoxy groups -OCH3 is 1. The number of ether oxygens (including phenoxy) is 2. The molecule has 1 saturated heterocycles. The first kappa shape index (κ1) is 12.4. The van der Waals surface area contributed by atoms with Gasteiger partial charge in [0.15, 0.2) is 5.79 Å². The summed E-state index contributed by atoms with van der Waals surface area (Å²) in [6, 6.07) is 0. The van der Waals surface area contributed by atoms with E-state index in [0.29, 0.717) is 5.41 Å². The maximum absolute atomic E-state index is 5.95. The number of fused-ring (bicyclic) bond motifs is 1. The van der Waals surface area contributed by atoms with Gasteiger partial charge in [-0.15, -0.1) is 0 Å². The normalized spacial score (nSPS) is 37.9. The maximum atomic E-state index is 5.95. The second-order valence-corrected chi connectivity index (χ2v) is 5.50. The van der Waals surface area contributed by atoms with Crippen LogP contribution < -0.4 is 0 Å². The predicted molar refractivity (Wildman–Crippen MR) is 65.4 cm³/mol. The fourth-order valence-corrected chi connectivity index (χ4v) is 3.78. The fourth-order valence-electron chi connectivity index (χ4n) is 3.78. The van der Waals surface area contributed by atoms with Crippen molar-refractivity contribution in [3.63, 3.8) is 0 Å². The van der Waals surface area contributed by atoms with E-state index in [1.807, 2.05) is 7.11 Å². The van der Waals surface area contributed by atoms with Gasteiger partial charge in [0.1, 0.15) is 0 Å². The third-order valence-electron chi connectivity index (χ3n) is 4.72. The molecule has 1 aliphatic carbocycles. The van der Waals surface area contributed by atoms with E-state index in [1.54, 1.807) is 0 Å². The molecule has 0 amide bonds. The molecule has 2 nitrogen and oxygen atoms in total. The lowest BCUT2D eigenvalue weighted by Crippen LogP contribution is -2.42. The first-order valence-electron chi connectivity index (χ1n) is 6.98. The highest BCUT2D eigenvalue weighted by molar-refractivity contribution is 5.02. The van der Waals surface area contributed by atoms with E-state index in [2.05, 4.69) is 6.92 Å². The summed E-state index contributed by atoms with van der Waals surface area (Å²) in [6.45, 7) is 3.17. The molecule has 1 aliphatic heterocycles. The Hall–Kier alpha value is -0.0800. The van der Waals surface area contributed by atoms with Crippen molar-refractivity contribution in [2.75, 3.05) is 13.7 Å². The second-order valence-electron chi connectivity index (χ2n) is 5.50. The van der Waals surface area contributed by atoms with Gasteiger partial charge in [0.2, 0.25) is 0 Å². The number of hydrogen-bond acceptors (Lipinski definition) is 2. The molecule has 2 fully saturated rings. The Balaban J connectivity index is 1.93. The Morgan fingerprint density at radius 2 is 2.00 bits per heavy atom. The molecule has 2 rings (SSSR count). The molecule has 16 heavy (non-hydrogen) atoms. The van der Waals surface area contributed by atoms with Gasteiger partial charge < -0.3 is 9.47 Å². The first-order chi connectivity index (χ1) is 7.79. The van der Waals surface area contributed by atoms with Crippen LogP contribution in [0.1, 0.15) is 64.7 Å². The molecule has 1 saturated carbocycles. The maximum Gasteiger partial charge on any atom is 0.173 e. The summed E-state index contributed by atoms with van der Waals surface area (Å²) < 4.78 is 11.7. The molecule has 1 heterocycles. The molecule has 0 aromatic carbocycles. The van der Waals surface area contributed by atoms with E-state index in [1.165, 1.54) is 51.4 Å². The van der Waals surface area contributed by atoms with Crippen LogP contribution in [-0.2, 0) is 9.47 Å². The Labute approximate surface area is 99.7 Å². The summed E-state index contributed by atoms with van der Waals surface area (Å²) in [5.74, 6) is -0.209. The quantitative estimate of drug-likeness (QED) is 0.640. The standard InChI is InChI=1S/C14H26O2/c1-3-4-5-6-8-13-9-7-10-14(13,15-2)16-12-11-13/h3-12H2,1-2H3. The molecule has 2 heteroatoms. The summed E-state index contributed by atoms with van der Waals surface area (Å²) in [5.41, 5.74) is 0.357. The van der Waals surface area contributed by atoms with Crippen LogP contribution in [0.25, 0.3) is 0 Å². The molecule has 0 bridgehead atoms. The number of unbranched alkanes of at least 4 members (excludes halogenated alkanes) is 3. The zero-order chi connectivity index (χ0) is 11.5. The first-order valence-corrected chi connectivity index (χ1v) is 6.98. The Kier molecular flexibility index (Phi) is 3.91. The molecular weight excluding hydrogens is 200 g/mol. The van der Waals surface area contributed by atoms with E-state index >= 15 is 0 Å². The Morgan fingerprint density at radius 3 is 2.75 bits per heavy atom. The molecule has 0 aromatic rings. The topological polar surface area (TPSA) is 18.5 Å². The summed E-state index contributed by atoms with van der Waals surface area (Å²) in [5, 5.41) is 0. The van der Waals surface area contributed by atoms with Gasteiger partial charge in [-0.1, -0.05) is 32.6 Å². The largest absolute Gasteiger partial charge is 0.353 e. The third-order valence-corrected chi connectivity index (χ3v) is 4.72. The zero-order valence-corrected chi connectivity index (χ0v) is 10.9. The molecular formula is C14H26O2. The van der Waals surface area contributed by atoms with Crippen molar-refractivity contribution in [3.8, 4) is 0 Å². The van der Waals surface area contributed by atoms with Crippen LogP contribution in [0.15, 0.2) is 0 Å². The smallest absolute Gasteiger partial charge is 0.173 e. The lowest BCUT2D eigenvalue weighted by molar-refractivity contribution is -0.233. The van der Waals surface area contributed by atoms with Crippen molar-refractivity contribution in [2.24, 2.45) is 5.41 Å². The molecule has 0 N–H and O–H groups in total. The molecule has 2 aliphatic rings. The van der Waals surface area contributed by atoms with E-state index in [4.69, 9.17) is 9.47 Å². The summed E-state index contributed by atoms with van der Waals surface area (Å²) in [7, 11) is 1.83. The van der Waals surface area contributed by atoms with E-state index < -0.39 is 0 Å². The molecule has 0 radical (unpaired) electrons. The van der Waals surface area contributed by atoms with Crippen molar-refractivity contribution in [1.29, 1.82) is 0 Å². The average molecular weight is 226 g/mol. The highest BCUT2D eigenvalue weighted by Crippen LogP contribution is 2.58. The lowest BCUT2D eigenvalue weighted by atomic mass is 9.76. The van der Waals surface area contributed by atoms with Crippen LogP contribution in [0.4, 0.5) is 0 Å². The summed E-state index contributed by atoms with van der Waals surface area (Å²) in [6.07, 6.45) is 11.6. The SMILES string of the molecule is CCCCCCC12CCCC1(OC)OCC2. The van der Waals surface area contributed by atoms with Crippen LogP contribution in [-0.4, -0.2) is 19.5 Å². The molecule has 0 spiro atoms. The second kappa shape index (κ2) is 5.05. The van der Waals surface area contributed by atoms with Crippen LogP contribution >= 0.6 is 0 Å². The van der Waals surface area contributed by atoms with Gasteiger partial charge in [-0.25, -0.2) is 0 Å². The highest BCUT2D eigenvalue weighted by atomic mass is 16.7. The van der Waals surface area contributed by atoms with Crippen molar-refractivity contribution >= 4 is 0 Å². The van der Waals surface area contributed by atoms with Gasteiger partial charge in [0.25, 0.3) is 0 Å². The van der Waals surface area contributed by atoms with Gasteiger partial charge in [0.05, 0.1) is 6.61 Å². The minimum Gasteiger partial charge on any atom is -0.353 e. The van der Waals surface area contributed by atoms with Crippen molar-refractivity contribution < 1.29 is 9.47 Å². The number of rotatable bonds is 6. The highest BCUT2D eigenvalue weighted by Gasteiger charge is 2.59. The Bertz CT molecular complexity index is 215. The molecule has 94 valence electrons. The Morgan fingerprint density at radius 1 is 1.12 bits per heavy atom. The fraction of sp³-hybridized carbons (Fsp3) is 1.00. The lowest BCUT2D eigenvalue weighted by Gasteiger charge is -2.38. The van der Waals surface area contributed by atoms with Crippen LogP contribution in [0, 0.1) is 5.41 Å². The van der Waals surface area contributed by atoms with Gasteiger partial charge >= 0.3 is 0 Å². The number of hydrogen-bond donors (Lipinski definition) is 0. The summed E-state index contributed by atoms with van der Waals surface area (Å²) in [4.78, 5) is 0. The minimum atomic E-state index is -0.209. The van der Waals surface area contributed by atoms with E-state index in [9.17, 15) is 0 Å². The average Bonchev–Trinajstić information content (AvgIpc) is 2.79. The molecule has 0 aromatic heterocycles. The minimum absolute atomic E-state index is 0.209. The molecule has 2 atom stereocenters. The predicted octanol–water partition coefficient (Wildman–Crippen LogP) is 3.89. The summed E-state index contributed by atoms with van der Waals surface area (Å²) >= 11 is 0. The van der Waals surface area contributed by atoms with Gasteiger partial charge in [0, 0.05) is 18.9 Å². The van der Waals surface area contributed by atoms with E-state index in [-0.39, 0.29) is 5.79 Å². The van der Waals surface area contributed by atoms with Crippen LogP contribution in [0.3, 0.4) is 0 Å². The third kappa shape index (κ3) is 1.91. The van der Waals surface area contributed by atoms with Crippen LogP contribution in [0.5, 0.6) is 0 Å².